The Kier molecular flexibility index (Phi) is 4.26. The predicted molar refractivity (Wildman–Crippen MR) is 67.3 cm³/mol. The van der Waals surface area contributed by atoms with E-state index >= 15 is 0 Å². The number of carbonyl (C=O) groups excluding carboxylic acids is 1. The van der Waals surface area contributed by atoms with Gasteiger partial charge in [-0.15, -0.1) is 6.58 Å². The molecule has 16 heavy (non-hydrogen) atoms. The number of carbonyl (C=O) groups is 1. The van der Waals surface area contributed by atoms with Crippen molar-refractivity contribution >= 4 is 11.6 Å². The molecule has 0 fully saturated rings. The Morgan fingerprint density at radius 1 is 1.50 bits per heavy atom. The fraction of sp³-hybridized carbons (Fsp3) is 0.308. The zero-order valence-electron chi connectivity index (χ0n) is 9.79. The van der Waals surface area contributed by atoms with Crippen LogP contribution >= 0.6 is 0 Å². The summed E-state index contributed by atoms with van der Waals surface area (Å²) in [6, 6.07) is 5.35. The van der Waals surface area contributed by atoms with E-state index in [2.05, 4.69) is 11.9 Å². The number of hydrogen-bond donors (Lipinski definition) is 2. The molecule has 1 atom stereocenters. The first-order chi connectivity index (χ1) is 7.56. The fourth-order valence-electron chi connectivity index (χ4n) is 1.51. The van der Waals surface area contributed by atoms with Gasteiger partial charge >= 0.3 is 0 Å². The van der Waals surface area contributed by atoms with Crippen molar-refractivity contribution in [2.45, 2.75) is 26.3 Å². The average molecular weight is 218 g/mol. The van der Waals surface area contributed by atoms with E-state index in [4.69, 9.17) is 5.73 Å². The van der Waals surface area contributed by atoms with E-state index in [0.29, 0.717) is 6.42 Å². The first-order valence-electron chi connectivity index (χ1n) is 5.29. The van der Waals surface area contributed by atoms with Crippen molar-refractivity contribution < 1.29 is 4.79 Å². The van der Waals surface area contributed by atoms with Crippen LogP contribution in [0.4, 0.5) is 5.69 Å². The van der Waals surface area contributed by atoms with E-state index in [9.17, 15) is 4.79 Å². The largest absolute Gasteiger partial charge is 0.324 e. The van der Waals surface area contributed by atoms with E-state index in [1.165, 1.54) is 0 Å². The summed E-state index contributed by atoms with van der Waals surface area (Å²) >= 11 is 0. The SMILES string of the molecule is C=CCC(N)C(=O)Nc1c(C)cccc1C. The minimum absolute atomic E-state index is 0.169. The van der Waals surface area contributed by atoms with E-state index in [0.717, 1.165) is 16.8 Å². The molecule has 0 saturated carbocycles. The van der Waals surface area contributed by atoms with Crippen LogP contribution in [0.2, 0.25) is 0 Å². The summed E-state index contributed by atoms with van der Waals surface area (Å²) in [5.41, 5.74) is 8.63. The molecule has 1 rings (SSSR count). The number of rotatable bonds is 4. The Morgan fingerprint density at radius 3 is 2.56 bits per heavy atom. The van der Waals surface area contributed by atoms with Crippen molar-refractivity contribution in [1.29, 1.82) is 0 Å². The first-order valence-corrected chi connectivity index (χ1v) is 5.29. The highest BCUT2D eigenvalue weighted by atomic mass is 16.2. The molecule has 0 spiro atoms. The predicted octanol–water partition coefficient (Wildman–Crippen LogP) is 2.15. The maximum atomic E-state index is 11.7. The summed E-state index contributed by atoms with van der Waals surface area (Å²) in [6.07, 6.45) is 2.13. The van der Waals surface area contributed by atoms with Crippen LogP contribution in [0.25, 0.3) is 0 Å². The Hall–Kier alpha value is -1.61. The van der Waals surface area contributed by atoms with Crippen LogP contribution in [-0.4, -0.2) is 11.9 Å². The normalized spacial score (nSPS) is 11.9. The van der Waals surface area contributed by atoms with Crippen molar-refractivity contribution in [1.82, 2.24) is 0 Å². The van der Waals surface area contributed by atoms with Crippen LogP contribution in [0.15, 0.2) is 30.9 Å². The third-order valence-electron chi connectivity index (χ3n) is 2.49. The number of aryl methyl sites for hydroxylation is 2. The third kappa shape index (κ3) is 2.94. The maximum absolute atomic E-state index is 11.7. The molecule has 0 bridgehead atoms. The van der Waals surface area contributed by atoms with E-state index in [-0.39, 0.29) is 5.91 Å². The lowest BCUT2D eigenvalue weighted by Crippen LogP contribution is -2.35. The zero-order chi connectivity index (χ0) is 12.1. The van der Waals surface area contributed by atoms with Gasteiger partial charge in [0.1, 0.15) is 0 Å². The topological polar surface area (TPSA) is 55.1 Å². The standard InChI is InChI=1S/C13H18N2O/c1-4-6-11(14)13(16)15-12-9(2)7-5-8-10(12)3/h4-5,7-8,11H,1,6,14H2,2-3H3,(H,15,16). The van der Waals surface area contributed by atoms with Gasteiger partial charge < -0.3 is 11.1 Å². The molecule has 1 aromatic carbocycles. The minimum atomic E-state index is -0.531. The maximum Gasteiger partial charge on any atom is 0.241 e. The summed E-state index contributed by atoms with van der Waals surface area (Å²) < 4.78 is 0. The lowest BCUT2D eigenvalue weighted by atomic mass is 10.1. The molecule has 0 radical (unpaired) electrons. The van der Waals surface area contributed by atoms with Gasteiger partial charge in [-0.25, -0.2) is 0 Å². The summed E-state index contributed by atoms with van der Waals surface area (Å²) in [4.78, 5) is 11.7. The van der Waals surface area contributed by atoms with Crippen molar-refractivity contribution in [3.8, 4) is 0 Å². The smallest absolute Gasteiger partial charge is 0.241 e. The summed E-state index contributed by atoms with van der Waals surface area (Å²) in [7, 11) is 0. The van der Waals surface area contributed by atoms with Gasteiger partial charge in [-0.1, -0.05) is 24.3 Å². The van der Waals surface area contributed by atoms with Gasteiger partial charge in [-0.3, -0.25) is 4.79 Å². The van der Waals surface area contributed by atoms with Gasteiger partial charge in [-0.2, -0.15) is 0 Å². The van der Waals surface area contributed by atoms with Crippen molar-refractivity contribution in [3.63, 3.8) is 0 Å². The van der Waals surface area contributed by atoms with Gasteiger partial charge in [0.15, 0.2) is 0 Å². The second-order valence-electron chi connectivity index (χ2n) is 3.89. The van der Waals surface area contributed by atoms with Crippen LogP contribution in [-0.2, 0) is 4.79 Å². The Morgan fingerprint density at radius 2 is 2.06 bits per heavy atom. The van der Waals surface area contributed by atoms with E-state index < -0.39 is 6.04 Å². The molecule has 3 N–H and O–H groups in total. The van der Waals surface area contributed by atoms with Crippen molar-refractivity contribution in [2.24, 2.45) is 5.73 Å². The lowest BCUT2D eigenvalue weighted by molar-refractivity contribution is -0.117. The molecular weight excluding hydrogens is 200 g/mol. The van der Waals surface area contributed by atoms with Crippen molar-refractivity contribution in [3.05, 3.63) is 42.0 Å². The van der Waals surface area contributed by atoms with Gasteiger partial charge in [0.2, 0.25) is 5.91 Å². The average Bonchev–Trinajstić information content (AvgIpc) is 2.23. The molecule has 1 unspecified atom stereocenters. The molecule has 1 aromatic rings. The number of anilines is 1. The molecule has 0 aliphatic carbocycles. The Balaban J connectivity index is 2.80. The molecule has 0 saturated heterocycles. The third-order valence-corrected chi connectivity index (χ3v) is 2.49. The Bertz CT molecular complexity index is 379. The van der Waals surface area contributed by atoms with Gasteiger partial charge in [0.25, 0.3) is 0 Å². The molecule has 3 heteroatoms. The van der Waals surface area contributed by atoms with Crippen molar-refractivity contribution in [2.75, 3.05) is 5.32 Å². The number of para-hydroxylation sites is 1. The van der Waals surface area contributed by atoms with Gasteiger partial charge in [-0.05, 0) is 31.4 Å². The van der Waals surface area contributed by atoms with Crippen LogP contribution < -0.4 is 11.1 Å². The van der Waals surface area contributed by atoms with Crippen LogP contribution in [0, 0.1) is 13.8 Å². The quantitative estimate of drug-likeness (QED) is 0.761. The highest BCUT2D eigenvalue weighted by Crippen LogP contribution is 2.19. The van der Waals surface area contributed by atoms with Crippen LogP contribution in [0.3, 0.4) is 0 Å². The van der Waals surface area contributed by atoms with Crippen LogP contribution in [0.1, 0.15) is 17.5 Å². The number of hydrogen-bond acceptors (Lipinski definition) is 2. The fourth-order valence-corrected chi connectivity index (χ4v) is 1.51. The van der Waals surface area contributed by atoms with E-state index in [1.807, 2.05) is 32.0 Å². The number of amides is 1. The summed E-state index contributed by atoms with van der Waals surface area (Å²) in [5, 5.41) is 2.85. The molecule has 0 aliphatic rings. The highest BCUT2D eigenvalue weighted by Gasteiger charge is 2.13. The molecular formula is C13H18N2O. The molecule has 3 nitrogen and oxygen atoms in total. The molecule has 0 aliphatic heterocycles. The number of nitrogens with two attached hydrogens (primary N) is 1. The van der Waals surface area contributed by atoms with Crippen LogP contribution in [0.5, 0.6) is 0 Å². The lowest BCUT2D eigenvalue weighted by Gasteiger charge is -2.14. The zero-order valence-corrected chi connectivity index (χ0v) is 9.79. The van der Waals surface area contributed by atoms with E-state index in [1.54, 1.807) is 6.08 Å². The highest BCUT2D eigenvalue weighted by molar-refractivity contribution is 5.96. The molecule has 0 heterocycles. The molecule has 86 valence electrons. The first kappa shape index (κ1) is 12.5. The summed E-state index contributed by atoms with van der Waals surface area (Å²) in [6.45, 7) is 7.49. The Labute approximate surface area is 96.3 Å². The summed E-state index contributed by atoms with van der Waals surface area (Å²) in [5.74, 6) is -0.169. The van der Waals surface area contributed by atoms with Gasteiger partial charge in [0, 0.05) is 5.69 Å². The monoisotopic (exact) mass is 218 g/mol. The molecule has 0 aromatic heterocycles. The second-order valence-corrected chi connectivity index (χ2v) is 3.89. The minimum Gasteiger partial charge on any atom is -0.324 e. The van der Waals surface area contributed by atoms with Gasteiger partial charge in [0.05, 0.1) is 6.04 Å². The number of nitrogens with one attached hydrogen (secondary N) is 1. The number of benzene rings is 1. The second kappa shape index (κ2) is 5.47. The molecule has 1 amide bonds.